The highest BCUT2D eigenvalue weighted by atomic mass is 16.5. The zero-order valence-corrected chi connectivity index (χ0v) is 14.1. The van der Waals surface area contributed by atoms with Crippen molar-refractivity contribution in [2.75, 3.05) is 7.11 Å². The van der Waals surface area contributed by atoms with E-state index in [0.29, 0.717) is 32.1 Å². The van der Waals surface area contributed by atoms with Crippen LogP contribution in [0.15, 0.2) is 16.5 Å². The summed E-state index contributed by atoms with van der Waals surface area (Å²) in [7, 11) is 1.39. The molecule has 0 atom stereocenters. The van der Waals surface area contributed by atoms with Crippen molar-refractivity contribution in [1.29, 1.82) is 0 Å². The number of esters is 1. The highest BCUT2D eigenvalue weighted by Gasteiger charge is 2.17. The molecule has 1 aliphatic rings. The van der Waals surface area contributed by atoms with Gasteiger partial charge in [0.2, 0.25) is 0 Å². The van der Waals surface area contributed by atoms with Crippen LogP contribution in [0, 0.1) is 5.92 Å². The van der Waals surface area contributed by atoms with Crippen molar-refractivity contribution in [3.8, 4) is 0 Å². The van der Waals surface area contributed by atoms with Gasteiger partial charge in [-0.3, -0.25) is 9.59 Å². The van der Waals surface area contributed by atoms with Crippen molar-refractivity contribution in [1.82, 2.24) is 0 Å². The van der Waals surface area contributed by atoms with Gasteiger partial charge in [-0.25, -0.2) is 0 Å². The molecule has 2 rings (SSSR count). The van der Waals surface area contributed by atoms with Crippen LogP contribution in [0.5, 0.6) is 0 Å². The highest BCUT2D eigenvalue weighted by Crippen LogP contribution is 2.28. The van der Waals surface area contributed by atoms with Crippen LogP contribution >= 0.6 is 0 Å². The van der Waals surface area contributed by atoms with Gasteiger partial charge in [0.1, 0.15) is 17.3 Å². The number of carbonyl (C=O) groups is 2. The van der Waals surface area contributed by atoms with Crippen LogP contribution in [0.4, 0.5) is 0 Å². The van der Waals surface area contributed by atoms with Gasteiger partial charge in [0, 0.05) is 32.1 Å². The first-order valence-electron chi connectivity index (χ1n) is 8.83. The fourth-order valence-corrected chi connectivity index (χ4v) is 3.25. The molecule has 1 aromatic rings. The van der Waals surface area contributed by atoms with Gasteiger partial charge in [-0.15, -0.1) is 0 Å². The summed E-state index contributed by atoms with van der Waals surface area (Å²) in [5.41, 5.74) is 0. The van der Waals surface area contributed by atoms with Gasteiger partial charge in [-0.2, -0.15) is 0 Å². The first-order valence-corrected chi connectivity index (χ1v) is 8.83. The molecule has 4 nitrogen and oxygen atoms in total. The molecule has 0 bridgehead atoms. The van der Waals surface area contributed by atoms with Gasteiger partial charge in [0.15, 0.2) is 0 Å². The SMILES string of the molecule is COC(=O)CCCCC(=O)CCc1ccc(CC2CCCC2)o1. The normalized spacial score (nSPS) is 15.0. The molecule has 1 fully saturated rings. The molecule has 0 aromatic carbocycles. The van der Waals surface area contributed by atoms with Crippen LogP contribution in [0.1, 0.15) is 69.3 Å². The zero-order chi connectivity index (χ0) is 16.5. The molecule has 0 saturated heterocycles. The maximum atomic E-state index is 11.9. The molecule has 0 amide bonds. The molecule has 128 valence electrons. The van der Waals surface area contributed by atoms with E-state index in [0.717, 1.165) is 30.3 Å². The van der Waals surface area contributed by atoms with Crippen molar-refractivity contribution in [2.24, 2.45) is 5.92 Å². The van der Waals surface area contributed by atoms with Crippen molar-refractivity contribution in [2.45, 2.75) is 70.6 Å². The van der Waals surface area contributed by atoms with Crippen LogP contribution in [-0.4, -0.2) is 18.9 Å². The standard InChI is InChI=1S/C19H28O4/c1-22-19(21)9-5-4-8-16(20)10-11-17-12-13-18(23-17)14-15-6-2-3-7-15/h12-13,15H,2-11,14H2,1H3. The van der Waals surface area contributed by atoms with Gasteiger partial charge >= 0.3 is 5.97 Å². The molecule has 0 N–H and O–H groups in total. The lowest BCUT2D eigenvalue weighted by Gasteiger charge is -2.05. The topological polar surface area (TPSA) is 56.5 Å². The minimum atomic E-state index is -0.206. The molecular formula is C19H28O4. The minimum Gasteiger partial charge on any atom is -0.469 e. The third kappa shape index (κ3) is 6.59. The second-order valence-corrected chi connectivity index (χ2v) is 6.54. The first kappa shape index (κ1) is 17.8. The summed E-state index contributed by atoms with van der Waals surface area (Å²) in [6.07, 6.45) is 9.98. The molecule has 4 heteroatoms. The van der Waals surface area contributed by atoms with Crippen LogP contribution in [-0.2, 0) is 27.2 Å². The molecule has 0 spiro atoms. The maximum absolute atomic E-state index is 11.9. The van der Waals surface area contributed by atoms with Crippen LogP contribution < -0.4 is 0 Å². The Morgan fingerprint density at radius 2 is 1.78 bits per heavy atom. The summed E-state index contributed by atoms with van der Waals surface area (Å²) in [6, 6.07) is 4.07. The van der Waals surface area contributed by atoms with E-state index in [4.69, 9.17) is 4.42 Å². The van der Waals surface area contributed by atoms with E-state index in [9.17, 15) is 9.59 Å². The van der Waals surface area contributed by atoms with Crippen molar-refractivity contribution in [3.63, 3.8) is 0 Å². The van der Waals surface area contributed by atoms with Gasteiger partial charge < -0.3 is 9.15 Å². The summed E-state index contributed by atoms with van der Waals surface area (Å²) < 4.78 is 10.4. The molecule has 1 heterocycles. The molecule has 0 aliphatic heterocycles. The molecule has 1 aliphatic carbocycles. The van der Waals surface area contributed by atoms with Crippen molar-refractivity contribution < 1.29 is 18.7 Å². The van der Waals surface area contributed by atoms with Crippen LogP contribution in [0.25, 0.3) is 0 Å². The predicted molar refractivity (Wildman–Crippen MR) is 88.2 cm³/mol. The number of aryl methyl sites for hydroxylation is 1. The lowest BCUT2D eigenvalue weighted by molar-refractivity contribution is -0.140. The zero-order valence-electron chi connectivity index (χ0n) is 14.1. The largest absolute Gasteiger partial charge is 0.469 e. The Labute approximate surface area is 138 Å². The number of methoxy groups -OCH3 is 1. The Morgan fingerprint density at radius 3 is 2.52 bits per heavy atom. The number of furan rings is 1. The predicted octanol–water partition coefficient (Wildman–Crippen LogP) is 4.25. The molecule has 1 aromatic heterocycles. The second-order valence-electron chi connectivity index (χ2n) is 6.54. The number of ether oxygens (including phenoxy) is 1. The van der Waals surface area contributed by atoms with E-state index in [2.05, 4.69) is 10.8 Å². The van der Waals surface area contributed by atoms with Crippen molar-refractivity contribution in [3.05, 3.63) is 23.7 Å². The average molecular weight is 320 g/mol. The fourth-order valence-electron chi connectivity index (χ4n) is 3.25. The lowest BCUT2D eigenvalue weighted by atomic mass is 10.0. The third-order valence-electron chi connectivity index (χ3n) is 4.65. The summed E-state index contributed by atoms with van der Waals surface area (Å²) in [4.78, 5) is 22.8. The second kappa shape index (κ2) is 9.53. The number of ketones is 1. The lowest BCUT2D eigenvalue weighted by Crippen LogP contribution is -2.02. The fraction of sp³-hybridized carbons (Fsp3) is 0.684. The first-order chi connectivity index (χ1) is 11.2. The van der Waals surface area contributed by atoms with Gasteiger partial charge in [0.05, 0.1) is 7.11 Å². The summed E-state index contributed by atoms with van der Waals surface area (Å²) in [5.74, 6) is 2.80. The number of unbranched alkanes of at least 4 members (excludes halogenated alkanes) is 1. The average Bonchev–Trinajstić information content (AvgIpc) is 3.21. The van der Waals surface area contributed by atoms with Crippen LogP contribution in [0.2, 0.25) is 0 Å². The van der Waals surface area contributed by atoms with Gasteiger partial charge in [-0.05, 0) is 30.9 Å². The molecule has 1 saturated carbocycles. The maximum Gasteiger partial charge on any atom is 0.305 e. The quantitative estimate of drug-likeness (QED) is 0.478. The number of rotatable bonds is 10. The van der Waals surface area contributed by atoms with E-state index in [1.165, 1.54) is 32.8 Å². The van der Waals surface area contributed by atoms with E-state index in [1.54, 1.807) is 0 Å². The molecule has 0 radical (unpaired) electrons. The monoisotopic (exact) mass is 320 g/mol. The highest BCUT2D eigenvalue weighted by molar-refractivity contribution is 5.78. The van der Waals surface area contributed by atoms with Crippen molar-refractivity contribution >= 4 is 11.8 Å². The smallest absolute Gasteiger partial charge is 0.305 e. The van der Waals surface area contributed by atoms with Crippen LogP contribution in [0.3, 0.4) is 0 Å². The number of carbonyl (C=O) groups excluding carboxylic acids is 2. The molecule has 0 unspecified atom stereocenters. The Hall–Kier alpha value is -1.58. The minimum absolute atomic E-state index is 0.206. The Balaban J connectivity index is 1.60. The number of Topliss-reactive ketones (excluding diaryl/α,β-unsaturated/α-hetero) is 1. The van der Waals surface area contributed by atoms with E-state index < -0.39 is 0 Å². The Kier molecular flexibility index (Phi) is 7.37. The number of hydrogen-bond acceptors (Lipinski definition) is 4. The van der Waals surface area contributed by atoms with E-state index >= 15 is 0 Å². The van der Waals surface area contributed by atoms with E-state index in [1.807, 2.05) is 6.07 Å². The van der Waals surface area contributed by atoms with Gasteiger partial charge in [0.25, 0.3) is 0 Å². The summed E-state index contributed by atoms with van der Waals surface area (Å²) in [5, 5.41) is 0. The summed E-state index contributed by atoms with van der Waals surface area (Å²) in [6.45, 7) is 0. The molecule has 23 heavy (non-hydrogen) atoms. The third-order valence-corrected chi connectivity index (χ3v) is 4.65. The number of hydrogen-bond donors (Lipinski definition) is 0. The Bertz CT molecular complexity index is 497. The summed E-state index contributed by atoms with van der Waals surface area (Å²) >= 11 is 0. The van der Waals surface area contributed by atoms with Gasteiger partial charge in [-0.1, -0.05) is 25.7 Å². The Morgan fingerprint density at radius 1 is 1.09 bits per heavy atom. The molecular weight excluding hydrogens is 292 g/mol. The van der Waals surface area contributed by atoms with E-state index in [-0.39, 0.29) is 11.8 Å².